The highest BCUT2D eigenvalue weighted by Gasteiger charge is 2.12. The molecule has 90 valence electrons. The fourth-order valence-corrected chi connectivity index (χ4v) is 2.01. The number of rotatable bonds is 4. The third kappa shape index (κ3) is 2.17. The van der Waals surface area contributed by atoms with E-state index in [-0.39, 0.29) is 18.4 Å². The van der Waals surface area contributed by atoms with Crippen molar-refractivity contribution in [3.05, 3.63) is 36.0 Å². The summed E-state index contributed by atoms with van der Waals surface area (Å²) in [6.45, 7) is 2.33. The van der Waals surface area contributed by atoms with Crippen molar-refractivity contribution < 1.29 is 9.90 Å². The molecule has 4 heteroatoms. The van der Waals surface area contributed by atoms with E-state index in [0.29, 0.717) is 6.54 Å². The summed E-state index contributed by atoms with van der Waals surface area (Å²) in [4.78, 5) is 11.1. The van der Waals surface area contributed by atoms with Crippen LogP contribution < -0.4 is 5.73 Å². The Morgan fingerprint density at radius 2 is 2.24 bits per heavy atom. The smallest absolute Gasteiger partial charge is 0.222 e. The van der Waals surface area contributed by atoms with Gasteiger partial charge in [0, 0.05) is 18.3 Å². The highest BCUT2D eigenvalue weighted by Crippen LogP contribution is 2.21. The maximum atomic E-state index is 11.1. The minimum atomic E-state index is -0.312. The Labute approximate surface area is 99.7 Å². The number of carbonyl (C=O) groups is 1. The summed E-state index contributed by atoms with van der Waals surface area (Å²) >= 11 is 0. The molecule has 4 nitrogen and oxygen atoms in total. The lowest BCUT2D eigenvalue weighted by molar-refractivity contribution is -0.121. The molecule has 17 heavy (non-hydrogen) atoms. The van der Waals surface area contributed by atoms with Crippen molar-refractivity contribution in [2.75, 3.05) is 0 Å². The van der Waals surface area contributed by atoms with Gasteiger partial charge in [0.25, 0.3) is 0 Å². The largest absolute Gasteiger partial charge is 0.392 e. The zero-order chi connectivity index (χ0) is 12.4. The second-order valence-corrected chi connectivity index (χ2v) is 4.28. The van der Waals surface area contributed by atoms with Gasteiger partial charge < -0.3 is 15.4 Å². The summed E-state index contributed by atoms with van der Waals surface area (Å²) in [6.07, 6.45) is 1.92. The Morgan fingerprint density at radius 3 is 2.88 bits per heavy atom. The summed E-state index contributed by atoms with van der Waals surface area (Å²) < 4.78 is 1.97. The van der Waals surface area contributed by atoms with Gasteiger partial charge in [-0.2, -0.15) is 0 Å². The molecule has 0 bridgehead atoms. The average molecular weight is 232 g/mol. The van der Waals surface area contributed by atoms with E-state index in [2.05, 4.69) is 0 Å². The van der Waals surface area contributed by atoms with E-state index in [1.54, 1.807) is 6.92 Å². The molecule has 1 unspecified atom stereocenters. The van der Waals surface area contributed by atoms with Crippen LogP contribution in [0.25, 0.3) is 10.9 Å². The minimum absolute atomic E-state index is 0.00763. The number of aliphatic hydroxyl groups is 1. The Kier molecular flexibility index (Phi) is 3.15. The molecule has 1 amide bonds. The summed E-state index contributed by atoms with van der Waals surface area (Å²) in [5.74, 6) is -0.536. The first kappa shape index (κ1) is 11.7. The molecule has 0 fully saturated rings. The fourth-order valence-electron chi connectivity index (χ4n) is 2.01. The van der Waals surface area contributed by atoms with Crippen molar-refractivity contribution in [2.24, 2.45) is 11.7 Å². The molecule has 1 atom stereocenters. The van der Waals surface area contributed by atoms with Gasteiger partial charge in [-0.1, -0.05) is 25.1 Å². The monoisotopic (exact) mass is 232 g/mol. The second-order valence-electron chi connectivity index (χ2n) is 4.28. The molecule has 0 saturated carbocycles. The van der Waals surface area contributed by atoms with E-state index >= 15 is 0 Å². The van der Waals surface area contributed by atoms with Gasteiger partial charge in [-0.05, 0) is 11.5 Å². The zero-order valence-electron chi connectivity index (χ0n) is 9.76. The number of nitrogens with two attached hydrogens (primary N) is 1. The van der Waals surface area contributed by atoms with E-state index in [4.69, 9.17) is 5.73 Å². The second kappa shape index (κ2) is 4.59. The average Bonchev–Trinajstić information content (AvgIpc) is 2.72. The number of fused-ring (bicyclic) bond motifs is 1. The van der Waals surface area contributed by atoms with E-state index in [1.165, 1.54) is 0 Å². The summed E-state index contributed by atoms with van der Waals surface area (Å²) in [5.41, 5.74) is 7.11. The molecule has 0 aliphatic carbocycles. The summed E-state index contributed by atoms with van der Waals surface area (Å²) in [6, 6.07) is 7.76. The van der Waals surface area contributed by atoms with Crippen LogP contribution in [0.5, 0.6) is 0 Å². The lowest BCUT2D eigenvalue weighted by Crippen LogP contribution is -2.24. The Morgan fingerprint density at radius 1 is 1.47 bits per heavy atom. The van der Waals surface area contributed by atoms with Crippen molar-refractivity contribution in [2.45, 2.75) is 20.1 Å². The van der Waals surface area contributed by atoms with Crippen LogP contribution in [-0.2, 0) is 17.9 Å². The van der Waals surface area contributed by atoms with Gasteiger partial charge in [0.15, 0.2) is 0 Å². The number of nitrogens with zero attached hydrogens (tertiary/aromatic N) is 1. The molecule has 0 aliphatic heterocycles. The van der Waals surface area contributed by atoms with Crippen LogP contribution in [-0.4, -0.2) is 15.6 Å². The van der Waals surface area contributed by atoms with Crippen LogP contribution in [0.1, 0.15) is 12.5 Å². The maximum Gasteiger partial charge on any atom is 0.222 e. The predicted molar refractivity (Wildman–Crippen MR) is 66.2 cm³/mol. The first-order valence-electron chi connectivity index (χ1n) is 5.60. The van der Waals surface area contributed by atoms with Gasteiger partial charge >= 0.3 is 0 Å². The molecule has 0 saturated heterocycles. The number of para-hydroxylation sites is 1. The number of primary amides is 1. The Bertz CT molecular complexity index is 545. The summed E-state index contributed by atoms with van der Waals surface area (Å²) in [7, 11) is 0. The summed E-state index contributed by atoms with van der Waals surface area (Å²) in [5, 5.41) is 10.4. The standard InChI is InChI=1S/C13H16N2O2/c1-9(13(14)17)7-15-6-5-10-3-2-4-11(8-16)12(10)15/h2-6,9,16H,7-8H2,1H3,(H2,14,17). The third-order valence-corrected chi connectivity index (χ3v) is 3.00. The number of amides is 1. The minimum Gasteiger partial charge on any atom is -0.392 e. The van der Waals surface area contributed by atoms with Crippen LogP contribution in [0, 0.1) is 5.92 Å². The molecular weight excluding hydrogens is 216 g/mol. The first-order chi connectivity index (χ1) is 8.13. The lowest BCUT2D eigenvalue weighted by Gasteiger charge is -2.11. The third-order valence-electron chi connectivity index (χ3n) is 3.00. The van der Waals surface area contributed by atoms with Gasteiger partial charge in [-0.15, -0.1) is 0 Å². The van der Waals surface area contributed by atoms with Crippen molar-refractivity contribution in [3.8, 4) is 0 Å². The van der Waals surface area contributed by atoms with E-state index in [1.807, 2.05) is 35.0 Å². The molecule has 1 heterocycles. The number of aromatic nitrogens is 1. The number of hydrogen-bond donors (Lipinski definition) is 2. The maximum absolute atomic E-state index is 11.1. The molecule has 2 rings (SSSR count). The molecular formula is C13H16N2O2. The van der Waals surface area contributed by atoms with Crippen LogP contribution >= 0.6 is 0 Å². The number of hydrogen-bond acceptors (Lipinski definition) is 2. The van der Waals surface area contributed by atoms with E-state index < -0.39 is 0 Å². The quantitative estimate of drug-likeness (QED) is 0.833. The molecule has 3 N–H and O–H groups in total. The molecule has 2 aromatic rings. The van der Waals surface area contributed by atoms with E-state index in [0.717, 1.165) is 16.5 Å². The van der Waals surface area contributed by atoms with Crippen LogP contribution in [0.4, 0.5) is 0 Å². The molecule has 0 radical (unpaired) electrons. The van der Waals surface area contributed by atoms with Crippen molar-refractivity contribution in [1.82, 2.24) is 4.57 Å². The fraction of sp³-hybridized carbons (Fsp3) is 0.308. The van der Waals surface area contributed by atoms with Crippen molar-refractivity contribution >= 4 is 16.8 Å². The van der Waals surface area contributed by atoms with Gasteiger partial charge in [0.2, 0.25) is 5.91 Å². The normalized spacial score (nSPS) is 12.8. The van der Waals surface area contributed by atoms with Crippen molar-refractivity contribution in [1.29, 1.82) is 0 Å². The first-order valence-corrected chi connectivity index (χ1v) is 5.60. The number of carbonyl (C=O) groups excluding carboxylic acids is 1. The van der Waals surface area contributed by atoms with Crippen LogP contribution in [0.3, 0.4) is 0 Å². The zero-order valence-corrected chi connectivity index (χ0v) is 9.76. The molecule has 1 aromatic carbocycles. The van der Waals surface area contributed by atoms with Gasteiger partial charge in [-0.3, -0.25) is 4.79 Å². The lowest BCUT2D eigenvalue weighted by atomic mass is 10.1. The van der Waals surface area contributed by atoms with Gasteiger partial charge in [-0.25, -0.2) is 0 Å². The van der Waals surface area contributed by atoms with Gasteiger partial charge in [0.05, 0.1) is 18.0 Å². The van der Waals surface area contributed by atoms with Crippen molar-refractivity contribution in [3.63, 3.8) is 0 Å². The highest BCUT2D eigenvalue weighted by molar-refractivity contribution is 5.83. The van der Waals surface area contributed by atoms with E-state index in [9.17, 15) is 9.90 Å². The van der Waals surface area contributed by atoms with Crippen LogP contribution in [0.2, 0.25) is 0 Å². The Hall–Kier alpha value is -1.81. The molecule has 1 aromatic heterocycles. The topological polar surface area (TPSA) is 68.2 Å². The highest BCUT2D eigenvalue weighted by atomic mass is 16.3. The van der Waals surface area contributed by atoms with Crippen LogP contribution in [0.15, 0.2) is 30.5 Å². The molecule has 0 spiro atoms. The predicted octanol–water partition coefficient (Wildman–Crippen LogP) is 1.25. The van der Waals surface area contributed by atoms with Gasteiger partial charge in [0.1, 0.15) is 0 Å². The number of aliphatic hydroxyl groups excluding tert-OH is 1. The molecule has 0 aliphatic rings. The number of benzene rings is 1. The SMILES string of the molecule is CC(Cn1ccc2cccc(CO)c21)C(N)=O. The Balaban J connectivity index is 2.44.